The summed E-state index contributed by atoms with van der Waals surface area (Å²) in [6, 6.07) is 4.47. The Morgan fingerprint density at radius 2 is 2.40 bits per heavy atom. The van der Waals surface area contributed by atoms with Gasteiger partial charge in [0.25, 0.3) is 0 Å². The number of hydrogen-bond acceptors (Lipinski definition) is 5. The zero-order valence-electron chi connectivity index (χ0n) is 15.1. The molecule has 6 heteroatoms. The van der Waals surface area contributed by atoms with Crippen LogP contribution < -0.4 is 5.32 Å². The van der Waals surface area contributed by atoms with Crippen molar-refractivity contribution < 1.29 is 9.53 Å². The lowest BCUT2D eigenvalue weighted by molar-refractivity contribution is -0.121. The molecule has 3 aliphatic heterocycles. The van der Waals surface area contributed by atoms with E-state index in [9.17, 15) is 4.79 Å². The molecule has 3 fully saturated rings. The standard InChI is InChI=1S/C19H28N2O2S2/c1-13-3-4-14(25-13)10-21-11-16-15(9-20-18(22)6-8-24-2)17-5-7-19(16,12-21)23-17/h3-4,15-17H,5-12H2,1-2H3,(H,20,22)/t15-,16+,17+,19+/m0/s1. The van der Waals surface area contributed by atoms with Crippen LogP contribution in [0.4, 0.5) is 0 Å². The van der Waals surface area contributed by atoms with E-state index in [1.54, 1.807) is 11.8 Å². The zero-order valence-corrected chi connectivity index (χ0v) is 16.8. The van der Waals surface area contributed by atoms with Gasteiger partial charge in [-0.05, 0) is 38.2 Å². The molecule has 1 aromatic rings. The number of ether oxygens (including phenoxy) is 1. The summed E-state index contributed by atoms with van der Waals surface area (Å²) in [7, 11) is 0. The predicted molar refractivity (Wildman–Crippen MR) is 104 cm³/mol. The Morgan fingerprint density at radius 3 is 3.16 bits per heavy atom. The molecule has 0 saturated carbocycles. The fraction of sp³-hybridized carbons (Fsp3) is 0.737. The summed E-state index contributed by atoms with van der Waals surface area (Å²) >= 11 is 3.63. The topological polar surface area (TPSA) is 41.6 Å². The van der Waals surface area contributed by atoms with Crippen LogP contribution in [0.5, 0.6) is 0 Å². The molecule has 3 aliphatic rings. The molecular formula is C19H28N2O2S2. The molecule has 4 rings (SSSR count). The number of aryl methyl sites for hydroxylation is 1. The molecule has 25 heavy (non-hydrogen) atoms. The van der Waals surface area contributed by atoms with Gasteiger partial charge in [-0.3, -0.25) is 9.69 Å². The van der Waals surface area contributed by atoms with Gasteiger partial charge in [-0.15, -0.1) is 11.3 Å². The second kappa shape index (κ2) is 7.22. The molecular weight excluding hydrogens is 352 g/mol. The average Bonchev–Trinajstić information content (AvgIpc) is 3.32. The summed E-state index contributed by atoms with van der Waals surface area (Å²) < 4.78 is 6.49. The van der Waals surface area contributed by atoms with Gasteiger partial charge in [0.2, 0.25) is 5.91 Å². The molecule has 4 nitrogen and oxygen atoms in total. The molecule has 2 bridgehead atoms. The van der Waals surface area contributed by atoms with Crippen molar-refractivity contribution in [1.29, 1.82) is 0 Å². The Balaban J connectivity index is 1.36. The summed E-state index contributed by atoms with van der Waals surface area (Å²) in [6.45, 7) is 6.17. The van der Waals surface area contributed by atoms with Gasteiger partial charge in [0.1, 0.15) is 0 Å². The maximum absolute atomic E-state index is 12.0. The van der Waals surface area contributed by atoms with Crippen molar-refractivity contribution in [2.24, 2.45) is 11.8 Å². The number of carbonyl (C=O) groups excluding carboxylic acids is 1. The van der Waals surface area contributed by atoms with Crippen LogP contribution in [0.25, 0.3) is 0 Å². The number of amides is 1. The lowest BCUT2D eigenvalue weighted by Gasteiger charge is -2.29. The van der Waals surface area contributed by atoms with Crippen molar-refractivity contribution in [1.82, 2.24) is 10.2 Å². The van der Waals surface area contributed by atoms with E-state index in [0.717, 1.165) is 38.4 Å². The second-order valence-corrected chi connectivity index (χ2v) is 10.1. The van der Waals surface area contributed by atoms with Crippen molar-refractivity contribution in [3.8, 4) is 0 Å². The minimum Gasteiger partial charge on any atom is -0.370 e. The Kier molecular flexibility index (Phi) is 5.15. The Morgan fingerprint density at radius 1 is 1.52 bits per heavy atom. The third-order valence-electron chi connectivity index (χ3n) is 6.10. The Hall–Kier alpha value is -0.560. The summed E-state index contributed by atoms with van der Waals surface area (Å²) in [4.78, 5) is 17.4. The fourth-order valence-electron chi connectivity index (χ4n) is 4.99. The number of carbonyl (C=O) groups is 1. The minimum absolute atomic E-state index is 0.0611. The van der Waals surface area contributed by atoms with Crippen molar-refractivity contribution in [2.45, 2.75) is 44.4 Å². The molecule has 0 unspecified atom stereocenters. The monoisotopic (exact) mass is 380 g/mol. The third kappa shape index (κ3) is 3.51. The molecule has 138 valence electrons. The van der Waals surface area contributed by atoms with Crippen LogP contribution in [-0.2, 0) is 16.1 Å². The first-order valence-corrected chi connectivity index (χ1v) is 11.5. The van der Waals surface area contributed by atoms with E-state index in [1.165, 1.54) is 16.2 Å². The van der Waals surface area contributed by atoms with Crippen LogP contribution in [0.3, 0.4) is 0 Å². The minimum atomic E-state index is 0.0611. The first-order valence-electron chi connectivity index (χ1n) is 9.31. The normalized spacial score (nSPS) is 33.8. The largest absolute Gasteiger partial charge is 0.370 e. The highest BCUT2D eigenvalue weighted by atomic mass is 32.2. The molecule has 3 saturated heterocycles. The van der Waals surface area contributed by atoms with Gasteiger partial charge in [0.15, 0.2) is 0 Å². The summed E-state index contributed by atoms with van der Waals surface area (Å²) in [5.74, 6) is 2.16. The number of nitrogens with zero attached hydrogens (tertiary/aromatic N) is 1. The Labute approximate surface area is 158 Å². The maximum atomic E-state index is 12.0. The van der Waals surface area contributed by atoms with Gasteiger partial charge >= 0.3 is 0 Å². The van der Waals surface area contributed by atoms with Gasteiger partial charge < -0.3 is 10.1 Å². The van der Waals surface area contributed by atoms with Crippen LogP contribution >= 0.6 is 23.1 Å². The number of likely N-dealkylation sites (tertiary alicyclic amines) is 1. The quantitative estimate of drug-likeness (QED) is 0.790. The first-order chi connectivity index (χ1) is 12.1. The van der Waals surface area contributed by atoms with Gasteiger partial charge in [-0.1, -0.05) is 0 Å². The summed E-state index contributed by atoms with van der Waals surface area (Å²) in [6.07, 6.45) is 5.38. The van der Waals surface area contributed by atoms with Crippen LogP contribution in [0.1, 0.15) is 29.0 Å². The molecule has 0 radical (unpaired) electrons. The van der Waals surface area contributed by atoms with Gasteiger partial charge in [-0.25, -0.2) is 0 Å². The molecule has 0 aromatic carbocycles. The predicted octanol–water partition coefficient (Wildman–Crippen LogP) is 2.91. The molecule has 0 aliphatic carbocycles. The number of thiophene rings is 1. The SMILES string of the molecule is CSCCC(=O)NC[C@H]1[C@H]2CN(Cc3ccc(C)s3)C[C@]23CC[C@H]1O3. The molecule has 4 heterocycles. The van der Waals surface area contributed by atoms with Crippen LogP contribution in [0.2, 0.25) is 0 Å². The van der Waals surface area contributed by atoms with Crippen molar-refractivity contribution >= 4 is 29.0 Å². The van der Waals surface area contributed by atoms with Gasteiger partial charge in [0.05, 0.1) is 11.7 Å². The highest BCUT2D eigenvalue weighted by Gasteiger charge is 2.62. The molecule has 4 atom stereocenters. The summed E-state index contributed by atoms with van der Waals surface area (Å²) in [5.41, 5.74) is 0.0611. The van der Waals surface area contributed by atoms with Crippen LogP contribution in [0, 0.1) is 18.8 Å². The first kappa shape index (κ1) is 17.8. The van der Waals surface area contributed by atoms with E-state index in [2.05, 4.69) is 29.3 Å². The van der Waals surface area contributed by atoms with E-state index >= 15 is 0 Å². The average molecular weight is 381 g/mol. The zero-order chi connectivity index (χ0) is 17.4. The van der Waals surface area contributed by atoms with E-state index < -0.39 is 0 Å². The maximum Gasteiger partial charge on any atom is 0.220 e. The Bertz CT molecular complexity index is 635. The lowest BCUT2D eigenvalue weighted by Crippen LogP contribution is -2.41. The molecule has 1 N–H and O–H groups in total. The second-order valence-electron chi connectivity index (χ2n) is 7.76. The number of fused-ring (bicyclic) bond motifs is 1. The fourth-order valence-corrected chi connectivity index (χ4v) is 6.31. The number of hydrogen-bond donors (Lipinski definition) is 1. The number of rotatable bonds is 7. The van der Waals surface area contributed by atoms with Gasteiger partial charge in [0, 0.05) is 59.9 Å². The third-order valence-corrected chi connectivity index (χ3v) is 7.70. The molecule has 1 amide bonds. The number of thioether (sulfide) groups is 1. The smallest absolute Gasteiger partial charge is 0.220 e. The molecule has 1 spiro atoms. The van der Waals surface area contributed by atoms with E-state index in [4.69, 9.17) is 4.74 Å². The van der Waals surface area contributed by atoms with E-state index in [-0.39, 0.29) is 11.5 Å². The summed E-state index contributed by atoms with van der Waals surface area (Å²) in [5, 5.41) is 3.17. The van der Waals surface area contributed by atoms with Crippen molar-refractivity contribution in [3.63, 3.8) is 0 Å². The number of nitrogens with one attached hydrogen (secondary N) is 1. The van der Waals surface area contributed by atoms with E-state index in [0.29, 0.717) is 24.4 Å². The highest BCUT2D eigenvalue weighted by Crippen LogP contribution is 2.54. The molecule has 1 aromatic heterocycles. The van der Waals surface area contributed by atoms with Crippen LogP contribution in [-0.4, -0.2) is 54.2 Å². The van der Waals surface area contributed by atoms with E-state index in [1.807, 2.05) is 17.6 Å². The van der Waals surface area contributed by atoms with Crippen molar-refractivity contribution in [3.05, 3.63) is 21.9 Å². The van der Waals surface area contributed by atoms with Gasteiger partial charge in [-0.2, -0.15) is 11.8 Å². The lowest BCUT2D eigenvalue weighted by atomic mass is 9.73. The van der Waals surface area contributed by atoms with Crippen LogP contribution in [0.15, 0.2) is 12.1 Å². The highest BCUT2D eigenvalue weighted by molar-refractivity contribution is 7.98. The van der Waals surface area contributed by atoms with Crippen molar-refractivity contribution in [2.75, 3.05) is 31.6 Å².